The molecule has 0 saturated carbocycles. The number of nitrogens with one attached hydrogen (secondary N) is 1. The molecule has 1 aliphatic rings. The third-order valence-electron chi connectivity index (χ3n) is 3.97. The molecule has 2 rings (SSSR count). The highest BCUT2D eigenvalue weighted by Gasteiger charge is 2.23. The molecule has 118 valence electrons. The molecular weight excluding hydrogens is 288 g/mol. The van der Waals surface area contributed by atoms with Gasteiger partial charge in [0.2, 0.25) is 5.91 Å². The van der Waals surface area contributed by atoms with Crippen LogP contribution in [-0.2, 0) is 11.2 Å². The van der Waals surface area contributed by atoms with Crippen LogP contribution in [0, 0.1) is 5.92 Å². The molecule has 1 fully saturated rings. The first-order valence-electron chi connectivity index (χ1n) is 7.30. The molecule has 1 N–H and O–H groups in total. The molecule has 5 heteroatoms. The average Bonchev–Trinajstić information content (AvgIpc) is 2.53. The first kappa shape index (κ1) is 17.8. The van der Waals surface area contributed by atoms with Gasteiger partial charge < -0.3 is 15.0 Å². The molecule has 0 spiro atoms. The van der Waals surface area contributed by atoms with Crippen molar-refractivity contribution in [3.63, 3.8) is 0 Å². The van der Waals surface area contributed by atoms with E-state index in [-0.39, 0.29) is 24.2 Å². The number of hydrogen-bond donors (Lipinski definition) is 1. The van der Waals surface area contributed by atoms with Crippen molar-refractivity contribution in [3.05, 3.63) is 29.8 Å². The predicted molar refractivity (Wildman–Crippen MR) is 87.2 cm³/mol. The van der Waals surface area contributed by atoms with E-state index < -0.39 is 0 Å². The number of para-hydroxylation sites is 1. The van der Waals surface area contributed by atoms with Gasteiger partial charge in [0.1, 0.15) is 5.75 Å². The molecule has 0 unspecified atom stereocenters. The molecule has 1 aromatic carbocycles. The van der Waals surface area contributed by atoms with E-state index in [2.05, 4.69) is 11.4 Å². The minimum atomic E-state index is 0. The number of rotatable bonds is 5. The molecule has 21 heavy (non-hydrogen) atoms. The molecule has 0 atom stereocenters. The first-order chi connectivity index (χ1) is 9.72. The van der Waals surface area contributed by atoms with Crippen LogP contribution in [0.5, 0.6) is 5.75 Å². The largest absolute Gasteiger partial charge is 0.496 e. The molecule has 1 heterocycles. The molecule has 0 radical (unpaired) electrons. The normalized spacial score (nSPS) is 15.1. The fourth-order valence-corrected chi connectivity index (χ4v) is 2.69. The fourth-order valence-electron chi connectivity index (χ4n) is 2.69. The van der Waals surface area contributed by atoms with Gasteiger partial charge in [-0.25, -0.2) is 0 Å². The highest BCUT2D eigenvalue weighted by atomic mass is 35.5. The van der Waals surface area contributed by atoms with Crippen LogP contribution in [0.4, 0.5) is 0 Å². The summed E-state index contributed by atoms with van der Waals surface area (Å²) in [6, 6.07) is 7.99. The van der Waals surface area contributed by atoms with E-state index in [0.29, 0.717) is 0 Å². The maximum atomic E-state index is 12.3. The van der Waals surface area contributed by atoms with E-state index in [1.54, 1.807) is 7.11 Å². The topological polar surface area (TPSA) is 41.6 Å². The number of piperidine rings is 1. The number of nitrogens with zero attached hydrogens (tertiary/aromatic N) is 1. The first-order valence-corrected chi connectivity index (χ1v) is 7.30. The number of carbonyl (C=O) groups excluding carboxylic acids is 1. The molecule has 0 bridgehead atoms. The molecule has 0 aliphatic carbocycles. The number of benzene rings is 1. The third-order valence-corrected chi connectivity index (χ3v) is 3.97. The van der Waals surface area contributed by atoms with E-state index in [4.69, 9.17) is 4.74 Å². The number of hydrogen-bond acceptors (Lipinski definition) is 3. The highest BCUT2D eigenvalue weighted by Crippen LogP contribution is 2.19. The summed E-state index contributed by atoms with van der Waals surface area (Å²) < 4.78 is 5.34. The van der Waals surface area contributed by atoms with Crippen LogP contribution in [0.3, 0.4) is 0 Å². The molecule has 1 aromatic rings. The van der Waals surface area contributed by atoms with E-state index in [1.165, 1.54) is 0 Å². The second-order valence-electron chi connectivity index (χ2n) is 5.35. The number of ether oxygens (including phenoxy) is 1. The number of carbonyl (C=O) groups is 1. The predicted octanol–water partition coefficient (Wildman–Crippen LogP) is 2.12. The van der Waals surface area contributed by atoms with Crippen LogP contribution in [0.25, 0.3) is 0 Å². The summed E-state index contributed by atoms with van der Waals surface area (Å²) in [5, 5.41) is 3.29. The smallest absolute Gasteiger partial charge is 0.225 e. The number of amides is 1. The van der Waals surface area contributed by atoms with Crippen molar-refractivity contribution in [2.45, 2.75) is 19.3 Å². The van der Waals surface area contributed by atoms with Gasteiger partial charge >= 0.3 is 0 Å². The van der Waals surface area contributed by atoms with Crippen LogP contribution in [0.2, 0.25) is 0 Å². The Balaban J connectivity index is 0.00000220. The summed E-state index contributed by atoms with van der Waals surface area (Å²) in [5.74, 6) is 1.37. The second-order valence-corrected chi connectivity index (χ2v) is 5.35. The van der Waals surface area contributed by atoms with Gasteiger partial charge in [-0.15, -0.1) is 12.4 Å². The number of methoxy groups -OCH3 is 1. The van der Waals surface area contributed by atoms with Crippen molar-refractivity contribution in [1.82, 2.24) is 10.2 Å². The maximum Gasteiger partial charge on any atom is 0.225 e. The van der Waals surface area contributed by atoms with Crippen molar-refractivity contribution >= 4 is 18.3 Å². The summed E-state index contributed by atoms with van der Waals surface area (Å²) in [6.07, 6.45) is 2.74. The summed E-state index contributed by atoms with van der Waals surface area (Å²) in [6.45, 7) is 2.65. The van der Waals surface area contributed by atoms with E-state index >= 15 is 0 Å². The van der Waals surface area contributed by atoms with Gasteiger partial charge in [-0.05, 0) is 44.0 Å². The van der Waals surface area contributed by atoms with E-state index in [0.717, 1.165) is 50.2 Å². The molecule has 1 amide bonds. The van der Waals surface area contributed by atoms with Gasteiger partial charge in [-0.3, -0.25) is 4.79 Å². The molecule has 1 saturated heterocycles. The van der Waals surface area contributed by atoms with Crippen molar-refractivity contribution in [2.24, 2.45) is 5.92 Å². The van der Waals surface area contributed by atoms with Crippen LogP contribution >= 0.6 is 12.4 Å². The fraction of sp³-hybridized carbons (Fsp3) is 0.562. The van der Waals surface area contributed by atoms with Gasteiger partial charge in [0.25, 0.3) is 0 Å². The minimum Gasteiger partial charge on any atom is -0.496 e. The Morgan fingerprint density at radius 2 is 2.00 bits per heavy atom. The second kappa shape index (κ2) is 8.90. The molecule has 1 aliphatic heterocycles. The van der Waals surface area contributed by atoms with Gasteiger partial charge in [-0.1, -0.05) is 18.2 Å². The Labute approximate surface area is 133 Å². The van der Waals surface area contributed by atoms with Crippen LogP contribution in [0.1, 0.15) is 18.4 Å². The summed E-state index contributed by atoms with van der Waals surface area (Å²) in [7, 11) is 3.59. The van der Waals surface area contributed by atoms with Gasteiger partial charge in [0.15, 0.2) is 0 Å². The van der Waals surface area contributed by atoms with E-state index in [9.17, 15) is 4.79 Å². The zero-order valence-corrected chi connectivity index (χ0v) is 13.6. The lowest BCUT2D eigenvalue weighted by molar-refractivity contribution is -0.134. The van der Waals surface area contributed by atoms with Crippen molar-refractivity contribution < 1.29 is 9.53 Å². The van der Waals surface area contributed by atoms with Crippen LogP contribution < -0.4 is 10.1 Å². The Hall–Kier alpha value is -1.26. The van der Waals surface area contributed by atoms with Gasteiger partial charge in [-0.2, -0.15) is 0 Å². The summed E-state index contributed by atoms with van der Waals surface area (Å²) in [5.41, 5.74) is 1.15. The summed E-state index contributed by atoms with van der Waals surface area (Å²) >= 11 is 0. The van der Waals surface area contributed by atoms with Crippen LogP contribution in [-0.4, -0.2) is 44.6 Å². The lowest BCUT2D eigenvalue weighted by Crippen LogP contribution is -2.39. The van der Waals surface area contributed by atoms with Crippen molar-refractivity contribution in [1.29, 1.82) is 0 Å². The lowest BCUT2D eigenvalue weighted by atomic mass is 9.96. The molecule has 0 aromatic heterocycles. The van der Waals surface area contributed by atoms with Gasteiger partial charge in [0, 0.05) is 19.5 Å². The van der Waals surface area contributed by atoms with Crippen molar-refractivity contribution in [2.75, 3.05) is 33.8 Å². The lowest BCUT2D eigenvalue weighted by Gasteiger charge is -2.27. The molecule has 4 nitrogen and oxygen atoms in total. The molecular formula is C16H25ClN2O2. The third kappa shape index (κ3) is 4.90. The average molecular weight is 313 g/mol. The summed E-state index contributed by atoms with van der Waals surface area (Å²) in [4.78, 5) is 14.2. The number of likely N-dealkylation sites (N-methyl/N-ethyl adjacent to an activating group) is 1. The Morgan fingerprint density at radius 1 is 1.33 bits per heavy atom. The monoisotopic (exact) mass is 312 g/mol. The minimum absolute atomic E-state index is 0. The zero-order valence-electron chi connectivity index (χ0n) is 12.8. The van der Waals surface area contributed by atoms with Crippen LogP contribution in [0.15, 0.2) is 24.3 Å². The Bertz CT molecular complexity index is 448. The Morgan fingerprint density at radius 3 is 2.67 bits per heavy atom. The Kier molecular flexibility index (Phi) is 7.54. The van der Waals surface area contributed by atoms with E-state index in [1.807, 2.05) is 30.1 Å². The number of halogens is 1. The van der Waals surface area contributed by atoms with Gasteiger partial charge in [0.05, 0.1) is 7.11 Å². The van der Waals surface area contributed by atoms with Crippen molar-refractivity contribution in [3.8, 4) is 5.75 Å². The quantitative estimate of drug-likeness (QED) is 0.905. The standard InChI is InChI=1S/C16H24N2O2.ClH/c1-18(16(19)14-7-10-17-11-8-14)12-9-13-5-3-4-6-15(13)20-2;/h3-6,14,17H,7-12H2,1-2H3;1H. The zero-order chi connectivity index (χ0) is 14.4. The SMILES string of the molecule is COc1ccccc1CCN(C)C(=O)C1CCNCC1.Cl. The maximum absolute atomic E-state index is 12.3. The highest BCUT2D eigenvalue weighted by molar-refractivity contribution is 5.85.